The second-order valence-corrected chi connectivity index (χ2v) is 3.73. The SMILES string of the molecule is Clc1ccc2n[nH]nc2c1.Oc1ccccc1. The van der Waals surface area contributed by atoms with Gasteiger partial charge in [-0.3, -0.25) is 0 Å². The summed E-state index contributed by atoms with van der Waals surface area (Å²) < 4.78 is 0. The molecule has 0 bridgehead atoms. The molecule has 0 atom stereocenters. The summed E-state index contributed by atoms with van der Waals surface area (Å²) in [6, 6.07) is 14.1. The summed E-state index contributed by atoms with van der Waals surface area (Å²) >= 11 is 5.69. The number of aromatic nitrogens is 3. The summed E-state index contributed by atoms with van der Waals surface area (Å²) in [4.78, 5) is 0. The van der Waals surface area contributed by atoms with Crippen molar-refractivity contribution in [1.29, 1.82) is 0 Å². The third-order valence-electron chi connectivity index (χ3n) is 2.03. The van der Waals surface area contributed by atoms with E-state index in [-0.39, 0.29) is 0 Å². The highest BCUT2D eigenvalue weighted by molar-refractivity contribution is 6.31. The van der Waals surface area contributed by atoms with Crippen molar-refractivity contribution in [2.75, 3.05) is 0 Å². The molecule has 0 saturated heterocycles. The highest BCUT2D eigenvalue weighted by Crippen LogP contribution is 2.13. The van der Waals surface area contributed by atoms with E-state index in [4.69, 9.17) is 16.7 Å². The minimum absolute atomic E-state index is 0.322. The first-order valence-corrected chi connectivity index (χ1v) is 5.33. The lowest BCUT2D eigenvalue weighted by molar-refractivity contribution is 0.475. The van der Waals surface area contributed by atoms with Crippen LogP contribution in [-0.2, 0) is 0 Å². The van der Waals surface area contributed by atoms with Gasteiger partial charge >= 0.3 is 0 Å². The molecule has 0 radical (unpaired) electrons. The number of hydrogen-bond donors (Lipinski definition) is 2. The highest BCUT2D eigenvalue weighted by Gasteiger charge is 1.95. The van der Waals surface area contributed by atoms with Crippen LogP contribution in [0.4, 0.5) is 0 Å². The largest absolute Gasteiger partial charge is 0.508 e. The number of phenolic OH excluding ortho intramolecular Hbond substituents is 1. The molecule has 4 nitrogen and oxygen atoms in total. The number of hydrogen-bond acceptors (Lipinski definition) is 3. The Hall–Kier alpha value is -2.07. The zero-order valence-electron chi connectivity index (χ0n) is 8.84. The molecule has 0 amide bonds. The molecule has 3 aromatic rings. The minimum Gasteiger partial charge on any atom is -0.508 e. The second-order valence-electron chi connectivity index (χ2n) is 3.29. The van der Waals surface area contributed by atoms with Gasteiger partial charge in [0.05, 0.1) is 0 Å². The number of nitrogens with one attached hydrogen (secondary N) is 1. The molecular weight excluding hydrogens is 238 g/mol. The average Bonchev–Trinajstić information content (AvgIpc) is 2.78. The molecule has 3 rings (SSSR count). The van der Waals surface area contributed by atoms with Crippen molar-refractivity contribution in [2.45, 2.75) is 0 Å². The van der Waals surface area contributed by atoms with E-state index in [1.54, 1.807) is 36.4 Å². The van der Waals surface area contributed by atoms with Gasteiger partial charge in [0.15, 0.2) is 0 Å². The third kappa shape index (κ3) is 3.19. The molecule has 5 heteroatoms. The molecule has 86 valence electrons. The Morgan fingerprint density at radius 3 is 2.29 bits per heavy atom. The van der Waals surface area contributed by atoms with Crippen molar-refractivity contribution in [2.24, 2.45) is 0 Å². The first-order chi connectivity index (χ1) is 8.25. The molecule has 1 heterocycles. The fraction of sp³-hybridized carbons (Fsp3) is 0. The Balaban J connectivity index is 0.000000136. The molecule has 0 aliphatic carbocycles. The normalized spacial score (nSPS) is 9.71. The molecule has 17 heavy (non-hydrogen) atoms. The number of phenols is 1. The van der Waals surface area contributed by atoms with Crippen LogP contribution < -0.4 is 0 Å². The number of H-pyrrole nitrogens is 1. The van der Waals surface area contributed by atoms with Crippen LogP contribution in [0.25, 0.3) is 11.0 Å². The van der Waals surface area contributed by atoms with Gasteiger partial charge in [0, 0.05) is 5.02 Å². The molecule has 0 fully saturated rings. The van der Waals surface area contributed by atoms with E-state index in [0.717, 1.165) is 11.0 Å². The predicted octanol–water partition coefficient (Wildman–Crippen LogP) is 3.00. The van der Waals surface area contributed by atoms with Crippen LogP contribution in [0.5, 0.6) is 5.75 Å². The maximum absolute atomic E-state index is 8.63. The minimum atomic E-state index is 0.322. The lowest BCUT2D eigenvalue weighted by atomic mass is 10.3. The van der Waals surface area contributed by atoms with E-state index in [2.05, 4.69) is 15.4 Å². The second kappa shape index (κ2) is 5.32. The lowest BCUT2D eigenvalue weighted by Crippen LogP contribution is -1.67. The van der Waals surface area contributed by atoms with Crippen LogP contribution in [0.3, 0.4) is 0 Å². The van der Waals surface area contributed by atoms with Gasteiger partial charge in [-0.25, -0.2) is 0 Å². The zero-order valence-corrected chi connectivity index (χ0v) is 9.59. The van der Waals surface area contributed by atoms with E-state index in [1.807, 2.05) is 12.1 Å². The maximum atomic E-state index is 8.63. The highest BCUT2D eigenvalue weighted by atomic mass is 35.5. The van der Waals surface area contributed by atoms with Gasteiger partial charge in [-0.15, -0.1) is 0 Å². The zero-order chi connectivity index (χ0) is 12.1. The van der Waals surface area contributed by atoms with Crippen molar-refractivity contribution in [3.63, 3.8) is 0 Å². The lowest BCUT2D eigenvalue weighted by Gasteiger charge is -1.84. The molecule has 0 aliphatic rings. The number of aromatic amines is 1. The monoisotopic (exact) mass is 247 g/mol. The number of nitrogens with zero attached hydrogens (tertiary/aromatic N) is 2. The van der Waals surface area contributed by atoms with Crippen molar-refractivity contribution < 1.29 is 5.11 Å². The number of rotatable bonds is 0. The number of aromatic hydroxyl groups is 1. The van der Waals surface area contributed by atoms with E-state index >= 15 is 0 Å². The van der Waals surface area contributed by atoms with Crippen molar-refractivity contribution >= 4 is 22.6 Å². The Labute approximate surface area is 103 Å². The topological polar surface area (TPSA) is 61.8 Å². The van der Waals surface area contributed by atoms with Gasteiger partial charge < -0.3 is 5.11 Å². The number of para-hydroxylation sites is 1. The van der Waals surface area contributed by atoms with Crippen LogP contribution in [0, 0.1) is 0 Å². The fourth-order valence-corrected chi connectivity index (χ4v) is 1.41. The van der Waals surface area contributed by atoms with Gasteiger partial charge in [-0.05, 0) is 30.3 Å². The summed E-state index contributed by atoms with van der Waals surface area (Å²) in [5, 5.41) is 19.5. The van der Waals surface area contributed by atoms with E-state index in [1.165, 1.54) is 0 Å². The Bertz CT molecular complexity index is 595. The van der Waals surface area contributed by atoms with Crippen LogP contribution in [0.15, 0.2) is 48.5 Å². The molecule has 0 aliphatic heterocycles. The van der Waals surface area contributed by atoms with Crippen LogP contribution in [0.2, 0.25) is 5.02 Å². The molecule has 2 N–H and O–H groups in total. The summed E-state index contributed by atoms with van der Waals surface area (Å²) in [7, 11) is 0. The van der Waals surface area contributed by atoms with Crippen molar-refractivity contribution in [3.8, 4) is 5.75 Å². The molecule has 2 aromatic carbocycles. The van der Waals surface area contributed by atoms with Gasteiger partial charge in [0.25, 0.3) is 0 Å². The standard InChI is InChI=1S/C6H4ClN3.C6H6O/c7-4-1-2-5-6(3-4)9-10-8-5;7-6-4-2-1-3-5-6/h1-3H,(H,8,9,10);1-5,7H. The van der Waals surface area contributed by atoms with E-state index in [9.17, 15) is 0 Å². The fourth-order valence-electron chi connectivity index (χ4n) is 1.24. The quantitative estimate of drug-likeness (QED) is 0.642. The van der Waals surface area contributed by atoms with Gasteiger partial charge in [-0.2, -0.15) is 15.4 Å². The van der Waals surface area contributed by atoms with Crippen LogP contribution >= 0.6 is 11.6 Å². The summed E-state index contributed by atoms with van der Waals surface area (Å²) in [6.07, 6.45) is 0. The van der Waals surface area contributed by atoms with E-state index in [0.29, 0.717) is 10.8 Å². The van der Waals surface area contributed by atoms with Gasteiger partial charge in [0.1, 0.15) is 16.8 Å². The smallest absolute Gasteiger partial charge is 0.115 e. The Kier molecular flexibility index (Phi) is 3.57. The summed E-state index contributed by atoms with van der Waals surface area (Å²) in [5.41, 5.74) is 1.64. The van der Waals surface area contributed by atoms with Crippen molar-refractivity contribution in [1.82, 2.24) is 15.4 Å². The molecule has 0 unspecified atom stereocenters. The molecule has 0 spiro atoms. The maximum Gasteiger partial charge on any atom is 0.115 e. The number of halogens is 1. The van der Waals surface area contributed by atoms with Gasteiger partial charge in [-0.1, -0.05) is 29.8 Å². The molecule has 0 saturated carbocycles. The summed E-state index contributed by atoms with van der Waals surface area (Å²) in [5.74, 6) is 0.322. The molecular formula is C12H10ClN3O. The van der Waals surface area contributed by atoms with Crippen LogP contribution in [-0.4, -0.2) is 20.5 Å². The predicted molar refractivity (Wildman–Crippen MR) is 67.0 cm³/mol. The van der Waals surface area contributed by atoms with Gasteiger partial charge in [0.2, 0.25) is 0 Å². The van der Waals surface area contributed by atoms with Crippen molar-refractivity contribution in [3.05, 3.63) is 53.6 Å². The van der Waals surface area contributed by atoms with E-state index < -0.39 is 0 Å². The summed E-state index contributed by atoms with van der Waals surface area (Å²) in [6.45, 7) is 0. The van der Waals surface area contributed by atoms with Crippen LogP contribution in [0.1, 0.15) is 0 Å². The third-order valence-corrected chi connectivity index (χ3v) is 2.27. The Morgan fingerprint density at radius 2 is 1.65 bits per heavy atom. The number of fused-ring (bicyclic) bond motifs is 1. The molecule has 1 aromatic heterocycles. The first kappa shape index (κ1) is 11.4. The average molecular weight is 248 g/mol. The first-order valence-electron chi connectivity index (χ1n) is 4.96. The Morgan fingerprint density at radius 1 is 0.941 bits per heavy atom. The number of benzene rings is 2.